The lowest BCUT2D eigenvalue weighted by Gasteiger charge is -2.37. The Kier molecular flexibility index (Phi) is 7.66. The Labute approximate surface area is 176 Å². The number of methoxy groups -OCH3 is 1. The molecule has 0 fully saturated rings. The number of carbonyl (C=O) groups excluding carboxylic acids is 2. The molecule has 1 atom stereocenters. The highest BCUT2D eigenvalue weighted by Gasteiger charge is 2.33. The summed E-state index contributed by atoms with van der Waals surface area (Å²) in [6, 6.07) is 11.9. The van der Waals surface area contributed by atoms with E-state index in [0.29, 0.717) is 32.7 Å². The number of urea groups is 1. The lowest BCUT2D eigenvalue weighted by molar-refractivity contribution is -0.134. The third-order valence-electron chi connectivity index (χ3n) is 5.12. The summed E-state index contributed by atoms with van der Waals surface area (Å²) in [6.45, 7) is 4.17. The molecular formula is C22H29N3O3S. The predicted octanol–water partition coefficient (Wildman–Crippen LogP) is 3.29. The number of ether oxygens (including phenoxy) is 1. The Morgan fingerprint density at radius 2 is 2.07 bits per heavy atom. The maximum Gasteiger partial charge on any atom is 0.317 e. The number of nitrogens with one attached hydrogen (secondary N) is 1. The molecule has 3 rings (SSSR count). The zero-order valence-corrected chi connectivity index (χ0v) is 17.9. The number of fused-ring (bicyclic) bond motifs is 1. The van der Waals surface area contributed by atoms with E-state index in [2.05, 4.69) is 28.9 Å². The molecule has 1 aromatic carbocycles. The molecule has 0 bridgehead atoms. The fraction of sp³-hybridized carbons (Fsp3) is 0.455. The molecule has 6 nitrogen and oxygen atoms in total. The van der Waals surface area contributed by atoms with Crippen LogP contribution in [0, 0.1) is 0 Å². The van der Waals surface area contributed by atoms with Gasteiger partial charge in [-0.2, -0.15) is 0 Å². The topological polar surface area (TPSA) is 61.9 Å². The number of thiophene rings is 1. The van der Waals surface area contributed by atoms with Crippen LogP contribution in [-0.2, 0) is 16.0 Å². The number of carbonyl (C=O) groups is 2. The van der Waals surface area contributed by atoms with Crippen LogP contribution in [0.3, 0.4) is 0 Å². The van der Waals surface area contributed by atoms with Crippen molar-refractivity contribution in [3.63, 3.8) is 0 Å². The number of hydrogen-bond donors (Lipinski definition) is 1. The second-order valence-corrected chi connectivity index (χ2v) is 8.05. The average Bonchev–Trinajstić information content (AvgIpc) is 3.22. The minimum Gasteiger partial charge on any atom is -0.385 e. The summed E-state index contributed by atoms with van der Waals surface area (Å²) in [5.74, 6) is -0.0284. The third kappa shape index (κ3) is 5.16. The van der Waals surface area contributed by atoms with Gasteiger partial charge in [-0.3, -0.25) is 4.79 Å². The number of benzene rings is 1. The summed E-state index contributed by atoms with van der Waals surface area (Å²) >= 11 is 1.75. The Morgan fingerprint density at radius 3 is 2.79 bits per heavy atom. The molecule has 1 aliphatic rings. The molecule has 0 radical (unpaired) electrons. The highest BCUT2D eigenvalue weighted by molar-refractivity contribution is 7.10. The van der Waals surface area contributed by atoms with Gasteiger partial charge >= 0.3 is 6.03 Å². The van der Waals surface area contributed by atoms with E-state index in [-0.39, 0.29) is 24.5 Å². The molecule has 2 heterocycles. The normalized spacial score (nSPS) is 15.7. The van der Waals surface area contributed by atoms with Gasteiger partial charge in [-0.1, -0.05) is 30.3 Å². The first-order valence-corrected chi connectivity index (χ1v) is 11.0. The molecule has 156 valence electrons. The minimum atomic E-state index is -0.207. The van der Waals surface area contributed by atoms with Gasteiger partial charge in [0.1, 0.15) is 6.54 Å². The van der Waals surface area contributed by atoms with E-state index in [0.717, 1.165) is 12.0 Å². The third-order valence-corrected chi connectivity index (χ3v) is 6.12. The number of nitrogens with zero attached hydrogens (tertiary/aromatic N) is 2. The fourth-order valence-corrected chi connectivity index (χ4v) is 4.65. The predicted molar refractivity (Wildman–Crippen MR) is 115 cm³/mol. The molecule has 7 heteroatoms. The van der Waals surface area contributed by atoms with Crippen molar-refractivity contribution in [2.75, 3.05) is 39.9 Å². The van der Waals surface area contributed by atoms with Crippen LogP contribution in [0.5, 0.6) is 0 Å². The fourth-order valence-electron chi connectivity index (χ4n) is 3.75. The van der Waals surface area contributed by atoms with Crippen LogP contribution in [-0.4, -0.2) is 61.6 Å². The van der Waals surface area contributed by atoms with Crippen LogP contribution >= 0.6 is 11.3 Å². The van der Waals surface area contributed by atoms with E-state index in [1.54, 1.807) is 23.3 Å². The second-order valence-electron chi connectivity index (χ2n) is 7.05. The molecule has 1 aromatic heterocycles. The Morgan fingerprint density at radius 1 is 1.28 bits per heavy atom. The molecule has 29 heavy (non-hydrogen) atoms. The molecule has 1 N–H and O–H groups in total. The Bertz CT molecular complexity index is 809. The van der Waals surface area contributed by atoms with Crippen molar-refractivity contribution in [2.24, 2.45) is 0 Å². The zero-order valence-electron chi connectivity index (χ0n) is 17.1. The van der Waals surface area contributed by atoms with Gasteiger partial charge in [-0.25, -0.2) is 4.79 Å². The maximum absolute atomic E-state index is 13.3. The summed E-state index contributed by atoms with van der Waals surface area (Å²) in [5, 5.41) is 4.91. The highest BCUT2D eigenvalue weighted by atomic mass is 32.1. The van der Waals surface area contributed by atoms with E-state index in [1.807, 2.05) is 30.0 Å². The lowest BCUT2D eigenvalue weighted by Crippen LogP contribution is -2.49. The molecule has 0 unspecified atom stereocenters. The standard InChI is InChI=1S/C22H29N3O3S/c1-3-23-22(27)24(12-7-14-28-2)16-20(26)25-13-10-19-18(11-15-29-19)21(25)17-8-5-4-6-9-17/h4-6,8-9,11,15,21H,3,7,10,12-14,16H2,1-2H3,(H,23,27)/t21-/m0/s1. The van der Waals surface area contributed by atoms with E-state index < -0.39 is 0 Å². The molecule has 0 spiro atoms. The van der Waals surface area contributed by atoms with Crippen LogP contribution in [0.15, 0.2) is 41.8 Å². The second kappa shape index (κ2) is 10.4. The first-order chi connectivity index (χ1) is 14.2. The first-order valence-electron chi connectivity index (χ1n) is 10.1. The van der Waals surface area contributed by atoms with Crippen molar-refractivity contribution < 1.29 is 14.3 Å². The summed E-state index contributed by atoms with van der Waals surface area (Å²) in [6.07, 6.45) is 1.55. The number of hydrogen-bond acceptors (Lipinski definition) is 4. The van der Waals surface area contributed by atoms with Gasteiger partial charge < -0.3 is 19.9 Å². The van der Waals surface area contributed by atoms with Crippen molar-refractivity contribution in [2.45, 2.75) is 25.8 Å². The van der Waals surface area contributed by atoms with Gasteiger partial charge in [-0.15, -0.1) is 11.3 Å². The average molecular weight is 416 g/mol. The van der Waals surface area contributed by atoms with Crippen LogP contribution in [0.1, 0.15) is 35.4 Å². The van der Waals surface area contributed by atoms with Crippen molar-refractivity contribution in [3.05, 3.63) is 57.8 Å². The summed E-state index contributed by atoms with van der Waals surface area (Å²) < 4.78 is 5.11. The van der Waals surface area contributed by atoms with Crippen LogP contribution in [0.4, 0.5) is 4.79 Å². The van der Waals surface area contributed by atoms with Crippen molar-refractivity contribution in [1.82, 2.24) is 15.1 Å². The number of amides is 3. The Hall–Kier alpha value is -2.38. The molecule has 1 aliphatic heterocycles. The minimum absolute atomic E-state index is 0.0284. The van der Waals surface area contributed by atoms with Crippen LogP contribution in [0.25, 0.3) is 0 Å². The van der Waals surface area contributed by atoms with Gasteiger partial charge in [0.2, 0.25) is 5.91 Å². The SMILES string of the molecule is CCNC(=O)N(CCCOC)CC(=O)N1CCc2sccc2[C@@H]1c1ccccc1. The molecule has 3 amide bonds. The highest BCUT2D eigenvalue weighted by Crippen LogP contribution is 2.37. The van der Waals surface area contributed by atoms with Gasteiger partial charge in [0.05, 0.1) is 6.04 Å². The largest absolute Gasteiger partial charge is 0.385 e. The monoisotopic (exact) mass is 415 g/mol. The van der Waals surface area contributed by atoms with Crippen molar-refractivity contribution in [3.8, 4) is 0 Å². The van der Waals surface area contributed by atoms with E-state index >= 15 is 0 Å². The van der Waals surface area contributed by atoms with Gasteiger partial charge in [0.15, 0.2) is 0 Å². The van der Waals surface area contributed by atoms with Crippen molar-refractivity contribution in [1.29, 1.82) is 0 Å². The molecule has 2 aromatic rings. The molecule has 0 saturated carbocycles. The summed E-state index contributed by atoms with van der Waals surface area (Å²) in [5.41, 5.74) is 2.30. The summed E-state index contributed by atoms with van der Waals surface area (Å²) in [7, 11) is 1.64. The molecule has 0 aliphatic carbocycles. The van der Waals surface area contributed by atoms with Crippen molar-refractivity contribution >= 4 is 23.3 Å². The lowest BCUT2D eigenvalue weighted by atomic mass is 9.93. The zero-order chi connectivity index (χ0) is 20.6. The van der Waals surface area contributed by atoms with E-state index in [4.69, 9.17) is 4.74 Å². The van der Waals surface area contributed by atoms with Crippen LogP contribution in [0.2, 0.25) is 0 Å². The van der Waals surface area contributed by atoms with E-state index in [1.165, 1.54) is 10.4 Å². The van der Waals surface area contributed by atoms with Crippen LogP contribution < -0.4 is 5.32 Å². The first kappa shape index (κ1) is 21.3. The molecular weight excluding hydrogens is 386 g/mol. The van der Waals surface area contributed by atoms with Gasteiger partial charge in [-0.05, 0) is 42.3 Å². The smallest absolute Gasteiger partial charge is 0.317 e. The Balaban J connectivity index is 1.80. The van der Waals surface area contributed by atoms with Gasteiger partial charge in [0, 0.05) is 38.2 Å². The molecule has 0 saturated heterocycles. The summed E-state index contributed by atoms with van der Waals surface area (Å²) in [4.78, 5) is 30.7. The quantitative estimate of drug-likeness (QED) is 0.673. The van der Waals surface area contributed by atoms with Gasteiger partial charge in [0.25, 0.3) is 0 Å². The number of rotatable bonds is 8. The maximum atomic E-state index is 13.3. The van der Waals surface area contributed by atoms with E-state index in [9.17, 15) is 9.59 Å².